The molecule has 1 rings (SSSR count). The van der Waals surface area contributed by atoms with Crippen LogP contribution >= 0.6 is 0 Å². The van der Waals surface area contributed by atoms with Crippen LogP contribution in [0.3, 0.4) is 0 Å². The molecule has 0 bridgehead atoms. The van der Waals surface area contributed by atoms with E-state index in [1.165, 1.54) is 0 Å². The molecule has 0 saturated heterocycles. The molecule has 1 amide bonds. The molecule has 0 spiro atoms. The summed E-state index contributed by atoms with van der Waals surface area (Å²) >= 11 is 0. The zero-order chi connectivity index (χ0) is 22.0. The van der Waals surface area contributed by atoms with E-state index in [0.29, 0.717) is 6.42 Å². The van der Waals surface area contributed by atoms with Gasteiger partial charge in [-0.05, 0) is 53.8 Å². The van der Waals surface area contributed by atoms with Gasteiger partial charge < -0.3 is 10.4 Å². The number of carbonyl (C=O) groups is 2. The lowest BCUT2D eigenvalue weighted by atomic mass is 9.42. The minimum atomic E-state index is -0.720. The van der Waals surface area contributed by atoms with Gasteiger partial charge in [-0.2, -0.15) is 0 Å². The predicted molar refractivity (Wildman–Crippen MR) is 116 cm³/mol. The monoisotopic (exact) mass is 395 g/mol. The first-order valence-corrected chi connectivity index (χ1v) is 11.1. The summed E-state index contributed by atoms with van der Waals surface area (Å²) in [5.41, 5.74) is -0.562. The van der Waals surface area contributed by atoms with E-state index in [0.717, 1.165) is 38.6 Å². The van der Waals surface area contributed by atoms with Gasteiger partial charge in [0.05, 0.1) is 5.92 Å². The highest BCUT2D eigenvalue weighted by Crippen LogP contribution is 2.65. The maximum absolute atomic E-state index is 13.2. The van der Waals surface area contributed by atoms with Crippen molar-refractivity contribution in [3.05, 3.63) is 0 Å². The Balaban J connectivity index is 3.16. The quantitative estimate of drug-likeness (QED) is 0.478. The normalized spacial score (nSPS) is 27.6. The Labute approximate surface area is 173 Å². The minimum Gasteiger partial charge on any atom is -0.481 e. The molecule has 0 aromatic heterocycles. The predicted octanol–water partition coefficient (Wildman–Crippen LogP) is 5.90. The van der Waals surface area contributed by atoms with Crippen LogP contribution in [0.5, 0.6) is 0 Å². The Morgan fingerprint density at radius 1 is 1.07 bits per heavy atom. The molecule has 1 saturated carbocycles. The number of aliphatic carboxylic acids is 1. The number of hydrogen-bond acceptors (Lipinski definition) is 2. The minimum absolute atomic E-state index is 0.0441. The molecule has 4 unspecified atom stereocenters. The smallest absolute Gasteiger partial charge is 0.307 e. The molecule has 0 heterocycles. The first kappa shape index (κ1) is 25.0. The van der Waals surface area contributed by atoms with Crippen molar-refractivity contribution in [2.75, 3.05) is 6.54 Å². The second kappa shape index (κ2) is 8.75. The summed E-state index contributed by atoms with van der Waals surface area (Å²) < 4.78 is 0. The summed E-state index contributed by atoms with van der Waals surface area (Å²) in [6.45, 7) is 19.9. The first-order chi connectivity index (χ1) is 12.6. The van der Waals surface area contributed by atoms with E-state index in [2.05, 4.69) is 46.9 Å². The number of rotatable bonds is 9. The van der Waals surface area contributed by atoms with Gasteiger partial charge in [-0.3, -0.25) is 9.59 Å². The zero-order valence-electron chi connectivity index (χ0n) is 19.9. The van der Waals surface area contributed by atoms with Gasteiger partial charge in [-0.1, -0.05) is 68.7 Å². The lowest BCUT2D eigenvalue weighted by molar-refractivity contribution is -0.165. The van der Waals surface area contributed by atoms with Crippen molar-refractivity contribution in [1.29, 1.82) is 0 Å². The topological polar surface area (TPSA) is 66.4 Å². The highest BCUT2D eigenvalue weighted by Gasteiger charge is 2.60. The Morgan fingerprint density at radius 2 is 1.64 bits per heavy atom. The largest absolute Gasteiger partial charge is 0.481 e. The van der Waals surface area contributed by atoms with Crippen LogP contribution in [-0.4, -0.2) is 23.5 Å². The van der Waals surface area contributed by atoms with Crippen LogP contribution in [0.2, 0.25) is 0 Å². The van der Waals surface area contributed by atoms with Crippen LogP contribution in [0.4, 0.5) is 0 Å². The second-order valence-electron chi connectivity index (χ2n) is 11.9. The van der Waals surface area contributed by atoms with Crippen LogP contribution in [0.1, 0.15) is 101 Å². The summed E-state index contributed by atoms with van der Waals surface area (Å²) in [6, 6.07) is 0. The van der Waals surface area contributed by atoms with Gasteiger partial charge >= 0.3 is 5.97 Å². The van der Waals surface area contributed by atoms with Gasteiger partial charge in [0, 0.05) is 12.5 Å². The summed E-state index contributed by atoms with van der Waals surface area (Å²) in [5.74, 6) is -1.06. The molecular formula is C24H45NO3. The fraction of sp³-hybridized carbons (Fsp3) is 0.917. The van der Waals surface area contributed by atoms with Crippen LogP contribution in [0, 0.1) is 33.5 Å². The van der Waals surface area contributed by atoms with Crippen molar-refractivity contribution in [2.24, 2.45) is 33.5 Å². The molecular weight excluding hydrogens is 350 g/mol. The fourth-order valence-corrected chi connectivity index (χ4v) is 4.82. The Kier molecular flexibility index (Phi) is 7.81. The van der Waals surface area contributed by atoms with E-state index in [1.54, 1.807) is 0 Å². The molecule has 4 heteroatoms. The molecule has 1 aliphatic carbocycles. The molecule has 4 atom stereocenters. The van der Waals surface area contributed by atoms with Crippen molar-refractivity contribution in [2.45, 2.75) is 101 Å². The first-order valence-electron chi connectivity index (χ1n) is 11.1. The number of unbranched alkanes of at least 4 members (excludes halogenated alkanes) is 1. The highest BCUT2D eigenvalue weighted by atomic mass is 16.4. The number of carbonyl (C=O) groups excluding carboxylic acids is 1. The third-order valence-corrected chi connectivity index (χ3v) is 7.30. The van der Waals surface area contributed by atoms with Gasteiger partial charge in [0.25, 0.3) is 0 Å². The molecule has 4 nitrogen and oxygen atoms in total. The van der Waals surface area contributed by atoms with Gasteiger partial charge in [0.15, 0.2) is 0 Å². The third-order valence-electron chi connectivity index (χ3n) is 7.30. The van der Waals surface area contributed by atoms with Crippen molar-refractivity contribution in [3.63, 3.8) is 0 Å². The molecule has 0 aliphatic heterocycles. The van der Waals surface area contributed by atoms with Crippen molar-refractivity contribution < 1.29 is 14.7 Å². The molecule has 2 N–H and O–H groups in total. The lowest BCUT2D eigenvalue weighted by Gasteiger charge is -2.61. The van der Waals surface area contributed by atoms with E-state index in [-0.39, 0.29) is 33.5 Å². The van der Waals surface area contributed by atoms with E-state index in [1.807, 2.05) is 20.8 Å². The lowest BCUT2D eigenvalue weighted by Crippen LogP contribution is -2.58. The fourth-order valence-electron chi connectivity index (χ4n) is 4.82. The standard InChI is InChI=1S/C24H45NO3/c1-10-11-14-25-19(26)17(15-21(2,3)4)24(9)13-12-23(24,8)16-18(20(27)28)22(5,6)7/h17-18H,10-16H2,1-9H3,(H,25,26)(H,27,28). The average molecular weight is 396 g/mol. The molecule has 1 fully saturated rings. The third kappa shape index (κ3) is 5.73. The summed E-state index contributed by atoms with van der Waals surface area (Å²) in [7, 11) is 0. The van der Waals surface area contributed by atoms with E-state index in [9.17, 15) is 14.7 Å². The van der Waals surface area contributed by atoms with E-state index >= 15 is 0 Å². The number of hydrogen-bond donors (Lipinski definition) is 2. The van der Waals surface area contributed by atoms with Gasteiger partial charge in [-0.25, -0.2) is 0 Å². The van der Waals surface area contributed by atoms with Crippen LogP contribution in [0.25, 0.3) is 0 Å². The van der Waals surface area contributed by atoms with Crippen molar-refractivity contribution in [3.8, 4) is 0 Å². The number of carboxylic acid groups (broad SMARTS) is 1. The highest BCUT2D eigenvalue weighted by molar-refractivity contribution is 5.80. The second-order valence-corrected chi connectivity index (χ2v) is 11.9. The average Bonchev–Trinajstić information content (AvgIpc) is 2.53. The number of carboxylic acids is 1. The van der Waals surface area contributed by atoms with Gasteiger partial charge in [0.1, 0.15) is 0 Å². The zero-order valence-corrected chi connectivity index (χ0v) is 19.9. The summed E-state index contributed by atoms with van der Waals surface area (Å²) in [4.78, 5) is 25.2. The molecule has 28 heavy (non-hydrogen) atoms. The van der Waals surface area contributed by atoms with E-state index in [4.69, 9.17) is 0 Å². The SMILES string of the molecule is CCCCNC(=O)C(CC(C)(C)C)C1(C)CCC1(C)CC(C(=O)O)C(C)(C)C. The van der Waals surface area contributed by atoms with Gasteiger partial charge in [-0.15, -0.1) is 0 Å². The Bertz CT molecular complexity index is 557. The molecule has 0 aromatic carbocycles. The van der Waals surface area contributed by atoms with Crippen LogP contribution in [-0.2, 0) is 9.59 Å². The Hall–Kier alpha value is -1.06. The molecule has 164 valence electrons. The van der Waals surface area contributed by atoms with Gasteiger partial charge in [0.2, 0.25) is 5.91 Å². The van der Waals surface area contributed by atoms with Crippen molar-refractivity contribution in [1.82, 2.24) is 5.32 Å². The molecule has 0 aromatic rings. The maximum atomic E-state index is 13.2. The van der Waals surface area contributed by atoms with Crippen LogP contribution in [0.15, 0.2) is 0 Å². The summed E-state index contributed by atoms with van der Waals surface area (Å²) in [5, 5.41) is 13.0. The maximum Gasteiger partial charge on any atom is 0.307 e. The number of nitrogens with one attached hydrogen (secondary N) is 1. The van der Waals surface area contributed by atoms with E-state index < -0.39 is 11.9 Å². The summed E-state index contributed by atoms with van der Waals surface area (Å²) in [6.07, 6.45) is 5.49. The molecule has 1 aliphatic rings. The number of amides is 1. The van der Waals surface area contributed by atoms with Crippen LogP contribution < -0.4 is 5.32 Å². The van der Waals surface area contributed by atoms with Crippen molar-refractivity contribution >= 4 is 11.9 Å². The molecule has 0 radical (unpaired) electrons. The Morgan fingerprint density at radius 3 is 2.00 bits per heavy atom.